The Labute approximate surface area is 105 Å². The van der Waals surface area contributed by atoms with E-state index in [1.807, 2.05) is 0 Å². The first kappa shape index (κ1) is 16.4. The maximum Gasteiger partial charge on any atom is 0.460 e. The Morgan fingerprint density at radius 3 is 1.55 bits per heavy atom. The van der Waals surface area contributed by atoms with Crippen molar-refractivity contribution in [2.45, 2.75) is 23.9 Å². The second kappa shape index (κ2) is 4.45. The van der Waals surface area contributed by atoms with Crippen LogP contribution in [0.25, 0.3) is 0 Å². The van der Waals surface area contributed by atoms with E-state index in [-0.39, 0.29) is 6.07 Å². The number of benzene rings is 1. The third-order valence-electron chi connectivity index (χ3n) is 2.39. The number of halogens is 9. The van der Waals surface area contributed by atoms with Crippen molar-refractivity contribution in [1.82, 2.24) is 0 Å². The molecule has 0 aromatic heterocycles. The zero-order valence-electron chi connectivity index (χ0n) is 9.16. The molecule has 0 amide bonds. The van der Waals surface area contributed by atoms with E-state index in [0.717, 1.165) is 6.07 Å². The minimum absolute atomic E-state index is 0.121. The van der Waals surface area contributed by atoms with Gasteiger partial charge in [-0.25, -0.2) is 0 Å². The normalized spacial score (nSPS) is 14.4. The standard InChI is InChI=1S/C10H5F9O/c11-7(12,5-3-1-2-4-6(5)20)8(13,14)9(15,16)10(17,18)19/h1-4,20H. The highest BCUT2D eigenvalue weighted by molar-refractivity contribution is 5.37. The van der Waals surface area contributed by atoms with Crippen LogP contribution in [0.4, 0.5) is 39.5 Å². The zero-order valence-corrected chi connectivity index (χ0v) is 9.16. The molecule has 1 rings (SSSR count). The van der Waals surface area contributed by atoms with Crippen LogP contribution in [-0.4, -0.2) is 23.1 Å². The van der Waals surface area contributed by atoms with Gasteiger partial charge in [-0.1, -0.05) is 12.1 Å². The topological polar surface area (TPSA) is 20.2 Å². The summed E-state index contributed by atoms with van der Waals surface area (Å²) in [6.45, 7) is 0. The van der Waals surface area contributed by atoms with E-state index in [1.54, 1.807) is 0 Å². The fourth-order valence-electron chi connectivity index (χ4n) is 1.28. The number of hydrogen-bond donors (Lipinski definition) is 1. The minimum atomic E-state index is -6.98. The first-order valence-corrected chi connectivity index (χ1v) is 4.75. The van der Waals surface area contributed by atoms with Gasteiger partial charge < -0.3 is 5.11 Å². The summed E-state index contributed by atoms with van der Waals surface area (Å²) in [4.78, 5) is 0. The number of rotatable bonds is 3. The van der Waals surface area contributed by atoms with E-state index >= 15 is 0 Å². The molecule has 0 heterocycles. The van der Waals surface area contributed by atoms with E-state index in [9.17, 15) is 39.5 Å². The van der Waals surface area contributed by atoms with Crippen LogP contribution in [-0.2, 0) is 5.92 Å². The van der Waals surface area contributed by atoms with Crippen molar-refractivity contribution in [1.29, 1.82) is 0 Å². The molecule has 0 fully saturated rings. The minimum Gasteiger partial charge on any atom is -0.507 e. The molecule has 1 aromatic rings. The first-order chi connectivity index (χ1) is 8.77. The number of aromatic hydroxyl groups is 1. The lowest BCUT2D eigenvalue weighted by molar-refractivity contribution is -0.399. The summed E-state index contributed by atoms with van der Waals surface area (Å²) in [5.41, 5.74) is -2.03. The molecular formula is C10H5F9O. The summed E-state index contributed by atoms with van der Waals surface area (Å²) in [7, 11) is 0. The highest BCUT2D eigenvalue weighted by Gasteiger charge is 2.82. The summed E-state index contributed by atoms with van der Waals surface area (Å²) in [6.07, 6.45) is -6.88. The lowest BCUT2D eigenvalue weighted by Gasteiger charge is -2.33. The number of phenolic OH excluding ortho intramolecular Hbond substituents is 1. The Morgan fingerprint density at radius 2 is 1.15 bits per heavy atom. The molecule has 20 heavy (non-hydrogen) atoms. The lowest BCUT2D eigenvalue weighted by atomic mass is 9.96. The fourth-order valence-corrected chi connectivity index (χ4v) is 1.28. The first-order valence-electron chi connectivity index (χ1n) is 4.75. The van der Waals surface area contributed by atoms with Gasteiger partial charge in [0.15, 0.2) is 0 Å². The van der Waals surface area contributed by atoms with Gasteiger partial charge in [0.05, 0.1) is 5.56 Å². The van der Waals surface area contributed by atoms with Crippen molar-refractivity contribution in [2.75, 3.05) is 0 Å². The van der Waals surface area contributed by atoms with Crippen LogP contribution in [0.1, 0.15) is 5.56 Å². The van der Waals surface area contributed by atoms with Crippen molar-refractivity contribution >= 4 is 0 Å². The lowest BCUT2D eigenvalue weighted by Crippen LogP contribution is -2.59. The molecule has 1 aromatic carbocycles. The van der Waals surface area contributed by atoms with Crippen molar-refractivity contribution < 1.29 is 44.6 Å². The highest BCUT2D eigenvalue weighted by Crippen LogP contribution is 2.57. The van der Waals surface area contributed by atoms with Crippen LogP contribution in [0.3, 0.4) is 0 Å². The predicted octanol–water partition coefficient (Wildman–Crippen LogP) is 4.32. The largest absolute Gasteiger partial charge is 0.507 e. The average molecular weight is 312 g/mol. The molecular weight excluding hydrogens is 307 g/mol. The van der Waals surface area contributed by atoms with Gasteiger partial charge in [-0.2, -0.15) is 39.5 Å². The molecule has 0 saturated carbocycles. The molecule has 0 atom stereocenters. The van der Waals surface area contributed by atoms with Crippen LogP contribution in [0, 0.1) is 0 Å². The number of alkyl halides is 9. The van der Waals surface area contributed by atoms with Gasteiger partial charge in [-0.3, -0.25) is 0 Å². The van der Waals surface area contributed by atoms with E-state index in [0.29, 0.717) is 12.1 Å². The number of para-hydroxylation sites is 1. The van der Waals surface area contributed by atoms with Gasteiger partial charge in [0.2, 0.25) is 0 Å². The Hall–Kier alpha value is -1.61. The summed E-state index contributed by atoms with van der Waals surface area (Å²) < 4.78 is 113. The third kappa shape index (κ3) is 2.16. The van der Waals surface area contributed by atoms with Gasteiger partial charge in [-0.15, -0.1) is 0 Å². The molecule has 0 saturated heterocycles. The summed E-state index contributed by atoms with van der Waals surface area (Å²) in [6, 6.07) is 2.14. The maximum absolute atomic E-state index is 13.3. The van der Waals surface area contributed by atoms with Crippen LogP contribution in [0.5, 0.6) is 5.75 Å². The second-order valence-electron chi connectivity index (χ2n) is 3.74. The smallest absolute Gasteiger partial charge is 0.460 e. The molecule has 1 nitrogen and oxygen atoms in total. The van der Waals surface area contributed by atoms with Crippen LogP contribution >= 0.6 is 0 Å². The molecule has 1 N–H and O–H groups in total. The van der Waals surface area contributed by atoms with E-state index in [4.69, 9.17) is 5.11 Å². The Morgan fingerprint density at radius 1 is 0.700 bits per heavy atom. The van der Waals surface area contributed by atoms with E-state index < -0.39 is 35.3 Å². The number of phenols is 1. The van der Waals surface area contributed by atoms with Crippen LogP contribution in [0.15, 0.2) is 24.3 Å². The molecule has 114 valence electrons. The third-order valence-corrected chi connectivity index (χ3v) is 2.39. The molecule has 0 aliphatic carbocycles. The molecule has 0 aliphatic rings. The Balaban J connectivity index is 3.44. The fraction of sp³-hybridized carbons (Fsp3) is 0.400. The van der Waals surface area contributed by atoms with E-state index in [1.165, 1.54) is 0 Å². The van der Waals surface area contributed by atoms with Crippen LogP contribution < -0.4 is 0 Å². The SMILES string of the molecule is Oc1ccccc1C(F)(F)C(F)(F)C(F)(F)C(F)(F)F. The van der Waals surface area contributed by atoms with E-state index in [2.05, 4.69) is 0 Å². The van der Waals surface area contributed by atoms with Gasteiger partial charge in [0.25, 0.3) is 0 Å². The zero-order chi connectivity index (χ0) is 16.0. The van der Waals surface area contributed by atoms with Crippen molar-refractivity contribution in [3.05, 3.63) is 29.8 Å². The molecule has 10 heteroatoms. The van der Waals surface area contributed by atoms with Crippen molar-refractivity contribution in [3.8, 4) is 5.75 Å². The number of hydrogen-bond acceptors (Lipinski definition) is 1. The van der Waals surface area contributed by atoms with Gasteiger partial charge in [-0.05, 0) is 12.1 Å². The summed E-state index contributed by atoms with van der Waals surface area (Å²) in [5, 5.41) is 8.94. The monoisotopic (exact) mass is 312 g/mol. The Kier molecular flexibility index (Phi) is 3.66. The molecule has 0 bridgehead atoms. The molecule has 0 radical (unpaired) electrons. The van der Waals surface area contributed by atoms with Crippen LogP contribution in [0.2, 0.25) is 0 Å². The van der Waals surface area contributed by atoms with Gasteiger partial charge in [0, 0.05) is 0 Å². The predicted molar refractivity (Wildman–Crippen MR) is 47.9 cm³/mol. The molecule has 0 aliphatic heterocycles. The average Bonchev–Trinajstić information content (AvgIpc) is 2.27. The van der Waals surface area contributed by atoms with Crippen molar-refractivity contribution in [2.24, 2.45) is 0 Å². The van der Waals surface area contributed by atoms with Crippen molar-refractivity contribution in [3.63, 3.8) is 0 Å². The quantitative estimate of drug-likeness (QED) is 0.824. The Bertz CT molecular complexity index is 492. The van der Waals surface area contributed by atoms with Gasteiger partial charge >= 0.3 is 23.9 Å². The molecule has 0 unspecified atom stereocenters. The van der Waals surface area contributed by atoms with Gasteiger partial charge in [0.1, 0.15) is 5.75 Å². The summed E-state index contributed by atoms with van der Waals surface area (Å²) >= 11 is 0. The summed E-state index contributed by atoms with van der Waals surface area (Å²) in [5.74, 6) is -21.2. The second-order valence-corrected chi connectivity index (χ2v) is 3.74. The highest BCUT2D eigenvalue weighted by atomic mass is 19.4. The molecule has 0 spiro atoms. The maximum atomic E-state index is 13.3.